The first-order chi connectivity index (χ1) is 8.45. The molecule has 0 atom stereocenters. The van der Waals surface area contributed by atoms with Gasteiger partial charge in [0.2, 0.25) is 10.1 Å². The smallest absolute Gasteiger partial charge is 0.360 e. The van der Waals surface area contributed by atoms with Gasteiger partial charge in [-0.25, -0.2) is 0 Å². The second kappa shape index (κ2) is 4.92. The fourth-order valence-electron chi connectivity index (χ4n) is 1.30. The first kappa shape index (κ1) is 12.8. The molecule has 1 N–H and O–H groups in total. The highest BCUT2D eigenvalue weighted by atomic mass is 32.1. The van der Waals surface area contributed by atoms with E-state index in [2.05, 4.69) is 20.6 Å². The molecule has 0 bridgehead atoms. The highest BCUT2D eigenvalue weighted by Gasteiger charge is 2.35. The Hall–Kier alpha value is -1.64. The molecule has 2 heterocycles. The van der Waals surface area contributed by atoms with Gasteiger partial charge in [0.15, 0.2) is 0 Å². The van der Waals surface area contributed by atoms with Crippen molar-refractivity contribution < 1.29 is 13.2 Å². The second-order valence-electron chi connectivity index (χ2n) is 3.57. The van der Waals surface area contributed by atoms with Crippen molar-refractivity contribution in [2.75, 3.05) is 11.9 Å². The van der Waals surface area contributed by atoms with Crippen LogP contribution in [0.25, 0.3) is 0 Å². The van der Waals surface area contributed by atoms with Gasteiger partial charge >= 0.3 is 6.18 Å². The maximum atomic E-state index is 12.3. The minimum atomic E-state index is -4.43. The zero-order valence-corrected chi connectivity index (χ0v) is 10.2. The highest BCUT2D eigenvalue weighted by Crippen LogP contribution is 2.32. The summed E-state index contributed by atoms with van der Waals surface area (Å²) in [6, 6.07) is 1.85. The van der Waals surface area contributed by atoms with E-state index in [0.29, 0.717) is 24.3 Å². The number of alkyl halides is 3. The van der Waals surface area contributed by atoms with E-state index in [0.717, 1.165) is 5.69 Å². The van der Waals surface area contributed by atoms with Crippen molar-refractivity contribution in [3.8, 4) is 0 Å². The number of nitrogens with zero attached hydrogens (tertiary/aromatic N) is 4. The van der Waals surface area contributed by atoms with Gasteiger partial charge in [0.05, 0.1) is 5.69 Å². The maximum Gasteiger partial charge on any atom is 0.445 e. The highest BCUT2D eigenvalue weighted by molar-refractivity contribution is 7.15. The first-order valence-corrected chi connectivity index (χ1v) is 5.90. The normalized spacial score (nSPS) is 11.8. The molecule has 0 unspecified atom stereocenters. The van der Waals surface area contributed by atoms with Gasteiger partial charge < -0.3 is 5.32 Å². The third-order valence-electron chi connectivity index (χ3n) is 2.09. The number of aromatic nitrogens is 4. The number of halogens is 3. The molecule has 0 amide bonds. The largest absolute Gasteiger partial charge is 0.445 e. The van der Waals surface area contributed by atoms with Crippen molar-refractivity contribution in [1.29, 1.82) is 0 Å². The Morgan fingerprint density at radius 1 is 1.39 bits per heavy atom. The number of hydrogen-bond acceptors (Lipinski definition) is 5. The van der Waals surface area contributed by atoms with Gasteiger partial charge in [-0.1, -0.05) is 11.3 Å². The quantitative estimate of drug-likeness (QED) is 0.928. The van der Waals surface area contributed by atoms with Gasteiger partial charge in [0.25, 0.3) is 0 Å². The fraction of sp³-hybridized carbons (Fsp3) is 0.444. The zero-order valence-electron chi connectivity index (χ0n) is 9.40. The summed E-state index contributed by atoms with van der Waals surface area (Å²) in [4.78, 5) is 0. The Morgan fingerprint density at radius 3 is 2.72 bits per heavy atom. The molecule has 0 aliphatic heterocycles. The number of rotatable bonds is 4. The lowest BCUT2D eigenvalue weighted by molar-refractivity contribution is -0.138. The van der Waals surface area contributed by atoms with E-state index in [-0.39, 0.29) is 5.13 Å². The summed E-state index contributed by atoms with van der Waals surface area (Å²) in [5.41, 5.74) is 0.866. The van der Waals surface area contributed by atoms with Gasteiger partial charge in [-0.3, -0.25) is 4.68 Å². The van der Waals surface area contributed by atoms with Crippen molar-refractivity contribution in [2.24, 2.45) is 7.05 Å². The lowest BCUT2D eigenvalue weighted by atomic mass is 10.3. The molecule has 0 aliphatic carbocycles. The van der Waals surface area contributed by atoms with Crippen LogP contribution in [0.15, 0.2) is 12.3 Å². The Balaban J connectivity index is 1.85. The Bertz CT molecular complexity index is 518. The molecule has 0 saturated heterocycles. The summed E-state index contributed by atoms with van der Waals surface area (Å²) in [7, 11) is 1.80. The van der Waals surface area contributed by atoms with Crippen LogP contribution in [-0.2, 0) is 19.6 Å². The third kappa shape index (κ3) is 3.19. The number of aryl methyl sites for hydroxylation is 1. The number of hydrogen-bond donors (Lipinski definition) is 1. The van der Waals surface area contributed by atoms with E-state index in [4.69, 9.17) is 0 Å². The summed E-state index contributed by atoms with van der Waals surface area (Å²) < 4.78 is 38.4. The SMILES string of the molecule is Cn1ccc(CCNc2nnc(C(F)(F)F)s2)n1. The van der Waals surface area contributed by atoms with Gasteiger partial charge in [-0.2, -0.15) is 18.3 Å². The van der Waals surface area contributed by atoms with E-state index < -0.39 is 11.2 Å². The van der Waals surface area contributed by atoms with Crippen LogP contribution in [-0.4, -0.2) is 26.5 Å². The van der Waals surface area contributed by atoms with Crippen molar-refractivity contribution in [2.45, 2.75) is 12.6 Å². The molecule has 9 heteroatoms. The van der Waals surface area contributed by atoms with Crippen LogP contribution >= 0.6 is 11.3 Å². The molecule has 0 radical (unpaired) electrons. The summed E-state index contributed by atoms with van der Waals surface area (Å²) in [6.45, 7) is 0.462. The van der Waals surface area contributed by atoms with Crippen molar-refractivity contribution >= 4 is 16.5 Å². The summed E-state index contributed by atoms with van der Waals surface area (Å²) in [5.74, 6) is 0. The predicted octanol–water partition coefficient (Wildman–Crippen LogP) is 1.94. The molecule has 0 spiro atoms. The molecule has 2 aromatic rings. The molecule has 98 valence electrons. The summed E-state index contributed by atoms with van der Waals surface area (Å²) in [5, 5.41) is 12.7. The number of anilines is 1. The van der Waals surface area contributed by atoms with Crippen LogP contribution in [0.1, 0.15) is 10.7 Å². The molecule has 5 nitrogen and oxygen atoms in total. The zero-order chi connectivity index (χ0) is 13.2. The van der Waals surface area contributed by atoms with E-state index in [1.165, 1.54) is 0 Å². The molecule has 0 fully saturated rings. The average molecular weight is 277 g/mol. The molecular weight excluding hydrogens is 267 g/mol. The molecule has 0 aliphatic rings. The summed E-state index contributed by atoms with van der Waals surface area (Å²) >= 11 is 0.496. The van der Waals surface area contributed by atoms with Crippen LogP contribution < -0.4 is 5.32 Å². The molecular formula is C9H10F3N5S. The lowest BCUT2D eigenvalue weighted by Crippen LogP contribution is -2.05. The Morgan fingerprint density at radius 2 is 2.17 bits per heavy atom. The van der Waals surface area contributed by atoms with Gasteiger partial charge in [0.1, 0.15) is 0 Å². The minimum Gasteiger partial charge on any atom is -0.360 e. The van der Waals surface area contributed by atoms with Crippen molar-refractivity contribution in [1.82, 2.24) is 20.0 Å². The van der Waals surface area contributed by atoms with E-state index >= 15 is 0 Å². The van der Waals surface area contributed by atoms with Crippen LogP contribution in [0.5, 0.6) is 0 Å². The monoisotopic (exact) mass is 277 g/mol. The van der Waals surface area contributed by atoms with E-state index in [9.17, 15) is 13.2 Å². The molecule has 0 aromatic carbocycles. The van der Waals surface area contributed by atoms with Gasteiger partial charge in [-0.15, -0.1) is 10.2 Å². The first-order valence-electron chi connectivity index (χ1n) is 5.08. The summed E-state index contributed by atoms with van der Waals surface area (Å²) in [6.07, 6.45) is -2.01. The predicted molar refractivity (Wildman–Crippen MR) is 60.3 cm³/mol. The average Bonchev–Trinajstić information content (AvgIpc) is 2.87. The van der Waals surface area contributed by atoms with Crippen LogP contribution in [0, 0.1) is 0 Å². The minimum absolute atomic E-state index is 0.165. The number of nitrogens with one attached hydrogen (secondary N) is 1. The van der Waals surface area contributed by atoms with Gasteiger partial charge in [-0.05, 0) is 6.07 Å². The second-order valence-corrected chi connectivity index (χ2v) is 4.55. The van der Waals surface area contributed by atoms with Gasteiger partial charge in [0, 0.05) is 26.2 Å². The maximum absolute atomic E-state index is 12.3. The fourth-order valence-corrected chi connectivity index (χ4v) is 1.94. The Kier molecular flexibility index (Phi) is 3.50. The topological polar surface area (TPSA) is 55.6 Å². The Labute approximate surface area is 105 Å². The van der Waals surface area contributed by atoms with Crippen LogP contribution in [0.3, 0.4) is 0 Å². The van der Waals surface area contributed by atoms with Crippen LogP contribution in [0.2, 0.25) is 0 Å². The van der Waals surface area contributed by atoms with E-state index in [1.54, 1.807) is 11.7 Å². The van der Waals surface area contributed by atoms with E-state index in [1.807, 2.05) is 12.3 Å². The third-order valence-corrected chi connectivity index (χ3v) is 3.02. The molecule has 18 heavy (non-hydrogen) atoms. The standard InChI is InChI=1S/C9H10F3N5S/c1-17-5-3-6(16-17)2-4-13-8-15-14-7(18-8)9(10,11)12/h3,5H,2,4H2,1H3,(H,13,15). The molecule has 0 saturated carbocycles. The van der Waals surface area contributed by atoms with Crippen molar-refractivity contribution in [3.63, 3.8) is 0 Å². The van der Waals surface area contributed by atoms with Crippen LogP contribution in [0.4, 0.5) is 18.3 Å². The molecule has 2 rings (SSSR count). The van der Waals surface area contributed by atoms with Crippen molar-refractivity contribution in [3.05, 3.63) is 23.0 Å². The molecule has 2 aromatic heterocycles. The lowest BCUT2D eigenvalue weighted by Gasteiger charge is -1.99.